The minimum Gasteiger partial charge on any atom is -0.376 e. The van der Waals surface area contributed by atoms with Crippen LogP contribution in [0.1, 0.15) is 6.92 Å². The lowest BCUT2D eigenvalue weighted by Gasteiger charge is -2.13. The van der Waals surface area contributed by atoms with Crippen molar-refractivity contribution in [2.45, 2.75) is 19.4 Å². The highest BCUT2D eigenvalue weighted by Gasteiger charge is 2.13. The highest BCUT2D eigenvalue weighted by Crippen LogP contribution is 2.12. The number of halogens is 2. The van der Waals surface area contributed by atoms with Crippen molar-refractivity contribution in [3.8, 4) is 5.82 Å². The maximum absolute atomic E-state index is 12.3. The molecule has 0 aliphatic carbocycles. The van der Waals surface area contributed by atoms with Crippen molar-refractivity contribution >= 4 is 5.69 Å². The fraction of sp³-hybridized carbons (Fsp3) is 0.273. The Morgan fingerprint density at radius 1 is 1.35 bits per heavy atom. The fourth-order valence-corrected chi connectivity index (χ4v) is 1.34. The summed E-state index contributed by atoms with van der Waals surface area (Å²) in [4.78, 5) is 4.13. The van der Waals surface area contributed by atoms with E-state index in [1.165, 1.54) is 13.1 Å². The van der Waals surface area contributed by atoms with Gasteiger partial charge in [0.25, 0.3) is 6.43 Å². The van der Waals surface area contributed by atoms with Gasteiger partial charge in [-0.2, -0.15) is 5.10 Å². The second-order valence-corrected chi connectivity index (χ2v) is 3.62. The highest BCUT2D eigenvalue weighted by atomic mass is 19.3. The first kappa shape index (κ1) is 11.5. The summed E-state index contributed by atoms with van der Waals surface area (Å²) in [5.41, 5.74) is 0.564. The van der Waals surface area contributed by atoms with Gasteiger partial charge in [-0.3, -0.25) is 0 Å². The summed E-state index contributed by atoms with van der Waals surface area (Å²) in [5.74, 6) is 0.644. The Bertz CT molecular complexity index is 453. The molecule has 1 unspecified atom stereocenters. The molecule has 1 N–H and O–H groups in total. The quantitative estimate of drug-likeness (QED) is 0.889. The largest absolute Gasteiger partial charge is 0.376 e. The molecule has 2 aromatic rings. The van der Waals surface area contributed by atoms with Crippen molar-refractivity contribution in [3.05, 3.63) is 36.8 Å². The second kappa shape index (κ2) is 4.90. The van der Waals surface area contributed by atoms with Crippen molar-refractivity contribution in [3.63, 3.8) is 0 Å². The first-order chi connectivity index (χ1) is 8.16. The molecule has 6 heteroatoms. The fourth-order valence-electron chi connectivity index (χ4n) is 1.34. The van der Waals surface area contributed by atoms with Crippen LogP contribution in [-0.2, 0) is 0 Å². The van der Waals surface area contributed by atoms with E-state index in [0.717, 1.165) is 0 Å². The topological polar surface area (TPSA) is 42.7 Å². The smallest absolute Gasteiger partial charge is 0.258 e. The molecular formula is C11H12F2N4. The molecule has 0 aliphatic rings. The van der Waals surface area contributed by atoms with Gasteiger partial charge in [0.05, 0.1) is 17.9 Å². The molecule has 2 heterocycles. The lowest BCUT2D eigenvalue weighted by atomic mass is 10.3. The van der Waals surface area contributed by atoms with Gasteiger partial charge in [-0.1, -0.05) is 0 Å². The average Bonchev–Trinajstić information content (AvgIpc) is 2.83. The Morgan fingerprint density at radius 3 is 2.71 bits per heavy atom. The molecule has 0 aromatic carbocycles. The van der Waals surface area contributed by atoms with Crippen molar-refractivity contribution in [2.75, 3.05) is 5.32 Å². The maximum Gasteiger partial charge on any atom is 0.258 e. The lowest BCUT2D eigenvalue weighted by molar-refractivity contribution is 0.130. The van der Waals surface area contributed by atoms with Crippen LogP contribution >= 0.6 is 0 Å². The summed E-state index contributed by atoms with van der Waals surface area (Å²) in [6.07, 6.45) is 2.51. The van der Waals surface area contributed by atoms with Crippen LogP contribution in [0.4, 0.5) is 14.5 Å². The zero-order valence-electron chi connectivity index (χ0n) is 9.22. The van der Waals surface area contributed by atoms with Crippen molar-refractivity contribution < 1.29 is 8.78 Å². The van der Waals surface area contributed by atoms with Crippen molar-refractivity contribution in [1.29, 1.82) is 0 Å². The summed E-state index contributed by atoms with van der Waals surface area (Å²) in [6.45, 7) is 1.42. The monoisotopic (exact) mass is 238 g/mol. The molecule has 0 bridgehead atoms. The Labute approximate surface area is 97.3 Å². The van der Waals surface area contributed by atoms with Gasteiger partial charge in [0.15, 0.2) is 5.82 Å². The van der Waals surface area contributed by atoms with Gasteiger partial charge < -0.3 is 5.32 Å². The maximum atomic E-state index is 12.3. The van der Waals surface area contributed by atoms with E-state index in [9.17, 15) is 8.78 Å². The molecule has 0 saturated heterocycles. The number of pyridine rings is 1. The van der Waals surface area contributed by atoms with Crippen molar-refractivity contribution in [2.24, 2.45) is 0 Å². The van der Waals surface area contributed by atoms with Gasteiger partial charge in [-0.25, -0.2) is 18.4 Å². The minimum atomic E-state index is -2.40. The third-order valence-electron chi connectivity index (χ3n) is 2.26. The zero-order valence-corrected chi connectivity index (χ0v) is 9.22. The predicted molar refractivity (Wildman–Crippen MR) is 60.4 cm³/mol. The van der Waals surface area contributed by atoms with Crippen molar-refractivity contribution in [1.82, 2.24) is 14.8 Å². The molecule has 17 heavy (non-hydrogen) atoms. The summed E-state index contributed by atoms with van der Waals surface area (Å²) in [5, 5.41) is 6.69. The predicted octanol–water partition coefficient (Wildman–Crippen LogP) is 2.33. The highest BCUT2D eigenvalue weighted by molar-refractivity contribution is 5.44. The molecule has 2 aromatic heterocycles. The number of alkyl halides is 2. The Kier molecular flexibility index (Phi) is 3.32. The van der Waals surface area contributed by atoms with Crippen LogP contribution in [0.25, 0.3) is 5.82 Å². The van der Waals surface area contributed by atoms with Gasteiger partial charge in [-0.15, -0.1) is 0 Å². The van der Waals surface area contributed by atoms with E-state index in [0.29, 0.717) is 11.5 Å². The number of anilines is 1. The summed E-state index contributed by atoms with van der Waals surface area (Å²) in [6, 6.07) is 4.30. The first-order valence-electron chi connectivity index (χ1n) is 5.17. The Balaban J connectivity index is 2.08. The number of aromatic nitrogens is 3. The first-order valence-corrected chi connectivity index (χ1v) is 5.17. The average molecular weight is 238 g/mol. The van der Waals surface area contributed by atoms with Crippen LogP contribution in [0.15, 0.2) is 36.8 Å². The molecule has 0 spiro atoms. The third-order valence-corrected chi connectivity index (χ3v) is 2.26. The van der Waals surface area contributed by atoms with E-state index in [4.69, 9.17) is 0 Å². The lowest BCUT2D eigenvalue weighted by Crippen LogP contribution is -2.23. The number of hydrogen-bond acceptors (Lipinski definition) is 3. The van der Waals surface area contributed by atoms with Crippen LogP contribution in [-0.4, -0.2) is 27.2 Å². The normalized spacial score (nSPS) is 12.7. The van der Waals surface area contributed by atoms with E-state index in [-0.39, 0.29) is 0 Å². The molecule has 1 atom stereocenters. The summed E-state index contributed by atoms with van der Waals surface area (Å²) < 4.78 is 26.2. The van der Waals surface area contributed by atoms with Crippen LogP contribution in [0.2, 0.25) is 0 Å². The van der Waals surface area contributed by atoms with E-state index >= 15 is 0 Å². The molecule has 4 nitrogen and oxygen atoms in total. The minimum absolute atomic E-state index is 0.564. The number of hydrogen-bond donors (Lipinski definition) is 1. The summed E-state index contributed by atoms with van der Waals surface area (Å²) in [7, 11) is 0. The van der Waals surface area contributed by atoms with Gasteiger partial charge in [0.1, 0.15) is 0 Å². The molecule has 0 fully saturated rings. The molecule has 90 valence electrons. The van der Waals surface area contributed by atoms with Crippen LogP contribution < -0.4 is 5.32 Å². The Hall–Kier alpha value is -1.98. The van der Waals surface area contributed by atoms with E-state index in [2.05, 4.69) is 15.4 Å². The summed E-state index contributed by atoms with van der Waals surface area (Å²) >= 11 is 0. The van der Waals surface area contributed by atoms with Gasteiger partial charge in [0.2, 0.25) is 0 Å². The molecule has 0 saturated carbocycles. The van der Waals surface area contributed by atoms with Gasteiger partial charge in [-0.05, 0) is 25.1 Å². The van der Waals surface area contributed by atoms with E-state index < -0.39 is 12.5 Å². The van der Waals surface area contributed by atoms with Gasteiger partial charge in [0, 0.05) is 12.4 Å². The van der Waals surface area contributed by atoms with Crippen LogP contribution in [0.5, 0.6) is 0 Å². The van der Waals surface area contributed by atoms with E-state index in [1.54, 1.807) is 35.3 Å². The molecular weight excluding hydrogens is 226 g/mol. The molecule has 0 aliphatic heterocycles. The number of rotatable bonds is 4. The number of nitrogens with one attached hydrogen (secondary N) is 1. The molecule has 0 amide bonds. The zero-order chi connectivity index (χ0) is 12.3. The third kappa shape index (κ3) is 2.77. The van der Waals surface area contributed by atoms with Gasteiger partial charge >= 0.3 is 0 Å². The van der Waals surface area contributed by atoms with Crippen LogP contribution in [0, 0.1) is 0 Å². The Morgan fingerprint density at radius 2 is 2.18 bits per heavy atom. The van der Waals surface area contributed by atoms with E-state index in [1.807, 2.05) is 0 Å². The van der Waals surface area contributed by atoms with Crippen LogP contribution in [0.3, 0.4) is 0 Å². The number of nitrogens with zero attached hydrogens (tertiary/aromatic N) is 3. The standard InChI is InChI=1S/C11H12F2N4/c1-8(11(12)13)16-9-3-4-10(14-7-9)17-6-2-5-15-17/h2-8,11,16H,1H3. The second-order valence-electron chi connectivity index (χ2n) is 3.62. The SMILES string of the molecule is CC(Nc1ccc(-n2cccn2)nc1)C(F)F. The molecule has 0 radical (unpaired) electrons. The molecule has 2 rings (SSSR count).